The first-order valence-electron chi connectivity index (χ1n) is 4.02. The fourth-order valence-electron chi connectivity index (χ4n) is 1.07. The zero-order valence-electron chi connectivity index (χ0n) is 7.45. The van der Waals surface area contributed by atoms with Gasteiger partial charge in [0.15, 0.2) is 0 Å². The van der Waals surface area contributed by atoms with Crippen LogP contribution >= 0.6 is 11.5 Å². The van der Waals surface area contributed by atoms with Gasteiger partial charge in [0.1, 0.15) is 6.10 Å². The fourth-order valence-corrected chi connectivity index (χ4v) is 1.72. The predicted molar refractivity (Wildman–Crippen MR) is 50.7 cm³/mol. The largest absolute Gasteiger partial charge is 0.381 e. The van der Waals surface area contributed by atoms with Crippen LogP contribution in [0.3, 0.4) is 0 Å². The van der Waals surface area contributed by atoms with Crippen LogP contribution in [-0.4, -0.2) is 24.7 Å². The van der Waals surface area contributed by atoms with E-state index < -0.39 is 6.10 Å². The maximum Gasteiger partial charge on any atom is 0.135 e. The quantitative estimate of drug-likeness (QED) is 0.787. The number of aromatic nitrogens is 4. The van der Waals surface area contributed by atoms with Gasteiger partial charge in [-0.15, -0.1) is 5.10 Å². The minimum atomic E-state index is -0.774. The van der Waals surface area contributed by atoms with Crippen molar-refractivity contribution < 1.29 is 5.11 Å². The summed E-state index contributed by atoms with van der Waals surface area (Å²) in [5.74, 6) is 0. The molecule has 6 heteroatoms. The third kappa shape index (κ3) is 1.61. The second-order valence-electron chi connectivity index (χ2n) is 2.76. The number of nitrogens with zero attached hydrogens (tertiary/aromatic N) is 4. The maximum atomic E-state index is 9.89. The van der Waals surface area contributed by atoms with Crippen LogP contribution in [-0.2, 0) is 0 Å². The second-order valence-corrected chi connectivity index (χ2v) is 3.54. The zero-order valence-corrected chi connectivity index (χ0v) is 8.27. The Morgan fingerprint density at radius 1 is 1.43 bits per heavy atom. The van der Waals surface area contributed by atoms with Crippen molar-refractivity contribution in [2.75, 3.05) is 0 Å². The Morgan fingerprint density at radius 2 is 2.29 bits per heavy atom. The van der Waals surface area contributed by atoms with E-state index in [2.05, 4.69) is 19.6 Å². The van der Waals surface area contributed by atoms with Gasteiger partial charge < -0.3 is 5.11 Å². The van der Waals surface area contributed by atoms with Crippen LogP contribution in [0.5, 0.6) is 0 Å². The molecule has 1 atom stereocenters. The standard InChI is InChI=1S/C8H8N4OS/c1-5-8(14-12-11-5)7(13)6-4-9-2-3-10-6/h2-4,7,13H,1H3. The molecule has 72 valence electrons. The molecule has 1 unspecified atom stereocenters. The summed E-state index contributed by atoms with van der Waals surface area (Å²) in [7, 11) is 0. The van der Waals surface area contributed by atoms with Crippen molar-refractivity contribution in [2.45, 2.75) is 13.0 Å². The summed E-state index contributed by atoms with van der Waals surface area (Å²) in [6.07, 6.45) is 3.86. The summed E-state index contributed by atoms with van der Waals surface area (Å²) in [5, 5.41) is 13.7. The molecular weight excluding hydrogens is 200 g/mol. The molecule has 0 aliphatic rings. The highest BCUT2D eigenvalue weighted by atomic mass is 32.1. The number of hydrogen-bond donors (Lipinski definition) is 1. The number of aliphatic hydroxyl groups is 1. The predicted octanol–water partition coefficient (Wildman–Crippen LogP) is 0.718. The van der Waals surface area contributed by atoms with Gasteiger partial charge >= 0.3 is 0 Å². The molecule has 0 aliphatic carbocycles. The Kier molecular flexibility index (Phi) is 2.47. The monoisotopic (exact) mass is 208 g/mol. The van der Waals surface area contributed by atoms with Crippen molar-refractivity contribution in [2.24, 2.45) is 0 Å². The summed E-state index contributed by atoms with van der Waals surface area (Å²) >= 11 is 1.17. The topological polar surface area (TPSA) is 71.8 Å². The first kappa shape index (κ1) is 9.17. The highest BCUT2D eigenvalue weighted by Crippen LogP contribution is 2.24. The van der Waals surface area contributed by atoms with Crippen LogP contribution in [0.1, 0.15) is 22.4 Å². The number of rotatable bonds is 2. The fraction of sp³-hybridized carbons (Fsp3) is 0.250. The molecule has 0 fully saturated rings. The summed E-state index contributed by atoms with van der Waals surface area (Å²) in [6, 6.07) is 0. The van der Waals surface area contributed by atoms with E-state index in [9.17, 15) is 5.11 Å². The van der Waals surface area contributed by atoms with Crippen molar-refractivity contribution >= 4 is 11.5 Å². The lowest BCUT2D eigenvalue weighted by molar-refractivity contribution is 0.217. The highest BCUT2D eigenvalue weighted by Gasteiger charge is 2.17. The Morgan fingerprint density at radius 3 is 2.86 bits per heavy atom. The minimum absolute atomic E-state index is 0.515. The van der Waals surface area contributed by atoms with E-state index in [0.29, 0.717) is 10.6 Å². The normalized spacial score (nSPS) is 12.7. The van der Waals surface area contributed by atoms with Crippen LogP contribution in [0.15, 0.2) is 18.6 Å². The van der Waals surface area contributed by atoms with Crippen LogP contribution in [0.25, 0.3) is 0 Å². The third-order valence-electron chi connectivity index (χ3n) is 1.80. The van der Waals surface area contributed by atoms with Crippen LogP contribution in [0.2, 0.25) is 0 Å². The molecule has 1 N–H and O–H groups in total. The Bertz CT molecular complexity index is 416. The van der Waals surface area contributed by atoms with E-state index in [1.54, 1.807) is 19.3 Å². The molecule has 14 heavy (non-hydrogen) atoms. The highest BCUT2D eigenvalue weighted by molar-refractivity contribution is 7.05. The van der Waals surface area contributed by atoms with Gasteiger partial charge in [0.2, 0.25) is 0 Å². The third-order valence-corrected chi connectivity index (χ3v) is 2.68. The van der Waals surface area contributed by atoms with Gasteiger partial charge in [0.25, 0.3) is 0 Å². The summed E-state index contributed by atoms with van der Waals surface area (Å²) < 4.78 is 3.75. The van der Waals surface area contributed by atoms with Gasteiger partial charge in [-0.3, -0.25) is 9.97 Å². The van der Waals surface area contributed by atoms with Crippen LogP contribution in [0, 0.1) is 6.92 Å². The number of aliphatic hydroxyl groups excluding tert-OH is 1. The molecule has 0 bridgehead atoms. The lowest BCUT2D eigenvalue weighted by Gasteiger charge is -2.06. The molecule has 0 radical (unpaired) electrons. The number of aryl methyl sites for hydroxylation is 1. The molecule has 2 aromatic heterocycles. The van der Waals surface area contributed by atoms with Gasteiger partial charge in [-0.2, -0.15) is 0 Å². The lowest BCUT2D eigenvalue weighted by Crippen LogP contribution is -2.02. The van der Waals surface area contributed by atoms with Gasteiger partial charge in [0, 0.05) is 12.4 Å². The molecule has 0 amide bonds. The molecular formula is C8H8N4OS. The average Bonchev–Trinajstić information content (AvgIpc) is 2.65. The van der Waals surface area contributed by atoms with Gasteiger partial charge in [-0.1, -0.05) is 4.49 Å². The molecule has 2 aromatic rings. The van der Waals surface area contributed by atoms with Crippen molar-refractivity contribution in [1.29, 1.82) is 0 Å². The SMILES string of the molecule is Cc1nnsc1C(O)c1cnccn1. The van der Waals surface area contributed by atoms with E-state index >= 15 is 0 Å². The van der Waals surface area contributed by atoms with E-state index in [0.717, 1.165) is 5.69 Å². The van der Waals surface area contributed by atoms with E-state index in [4.69, 9.17) is 0 Å². The van der Waals surface area contributed by atoms with E-state index in [1.807, 2.05) is 0 Å². The van der Waals surface area contributed by atoms with Crippen LogP contribution < -0.4 is 0 Å². The summed E-state index contributed by atoms with van der Waals surface area (Å²) in [6.45, 7) is 1.80. The van der Waals surface area contributed by atoms with Crippen molar-refractivity contribution in [3.8, 4) is 0 Å². The average molecular weight is 208 g/mol. The number of hydrogen-bond acceptors (Lipinski definition) is 6. The Labute approximate surface area is 84.6 Å². The van der Waals surface area contributed by atoms with Crippen molar-refractivity contribution in [3.05, 3.63) is 34.9 Å². The van der Waals surface area contributed by atoms with Gasteiger partial charge in [-0.05, 0) is 18.5 Å². The van der Waals surface area contributed by atoms with E-state index in [1.165, 1.54) is 17.7 Å². The van der Waals surface area contributed by atoms with Crippen LogP contribution in [0.4, 0.5) is 0 Å². The molecule has 0 aromatic carbocycles. The molecule has 2 rings (SSSR count). The van der Waals surface area contributed by atoms with Crippen molar-refractivity contribution in [1.82, 2.24) is 19.6 Å². The van der Waals surface area contributed by atoms with Gasteiger partial charge in [0.05, 0.1) is 22.5 Å². The Hall–Kier alpha value is -1.40. The minimum Gasteiger partial charge on any atom is -0.381 e. The molecule has 2 heterocycles. The molecule has 0 spiro atoms. The smallest absolute Gasteiger partial charge is 0.135 e. The molecule has 0 saturated carbocycles. The molecule has 0 saturated heterocycles. The van der Waals surface area contributed by atoms with Crippen molar-refractivity contribution in [3.63, 3.8) is 0 Å². The first-order chi connectivity index (χ1) is 6.79. The maximum absolute atomic E-state index is 9.89. The van der Waals surface area contributed by atoms with E-state index in [-0.39, 0.29) is 0 Å². The second kappa shape index (κ2) is 3.77. The lowest BCUT2D eigenvalue weighted by atomic mass is 10.2. The zero-order chi connectivity index (χ0) is 9.97. The summed E-state index contributed by atoms with van der Waals surface area (Å²) in [4.78, 5) is 8.61. The van der Waals surface area contributed by atoms with Gasteiger partial charge in [-0.25, -0.2) is 0 Å². The molecule has 0 aliphatic heterocycles. The summed E-state index contributed by atoms with van der Waals surface area (Å²) in [5.41, 5.74) is 1.25. The Balaban J connectivity index is 2.34. The first-order valence-corrected chi connectivity index (χ1v) is 4.79. The molecule has 5 nitrogen and oxygen atoms in total.